The number of carbonyl (C=O) groups excluding carboxylic acids is 1. The van der Waals surface area contributed by atoms with E-state index in [1.807, 2.05) is 54.6 Å². The van der Waals surface area contributed by atoms with Gasteiger partial charge in [0.1, 0.15) is 19.0 Å². The molecule has 0 saturated heterocycles. The molecule has 2 aromatic carbocycles. The first-order valence-electron chi connectivity index (χ1n) is 6.75. The first-order valence-corrected chi connectivity index (χ1v) is 7.87. The maximum Gasteiger partial charge on any atom is 0.310 e. The normalized spacial score (nSPS) is 10.1. The van der Waals surface area contributed by atoms with E-state index in [1.165, 1.54) is 0 Å². The van der Waals surface area contributed by atoms with Crippen molar-refractivity contribution < 1.29 is 14.3 Å². The van der Waals surface area contributed by atoms with Gasteiger partial charge in [-0.1, -0.05) is 58.4 Å². The minimum Gasteiger partial charge on any atom is -0.489 e. The molecule has 4 heteroatoms. The average Bonchev–Trinajstić information content (AvgIpc) is 2.53. The molecular formula is C17H17BrO3. The average molecular weight is 349 g/mol. The fourth-order valence-corrected chi connectivity index (χ4v) is 1.98. The fraction of sp³-hybridized carbons (Fsp3) is 0.235. The van der Waals surface area contributed by atoms with E-state index < -0.39 is 0 Å². The molecule has 0 amide bonds. The quantitative estimate of drug-likeness (QED) is 0.564. The van der Waals surface area contributed by atoms with Crippen LogP contribution >= 0.6 is 15.9 Å². The third-order valence-electron chi connectivity index (χ3n) is 2.86. The Morgan fingerprint density at radius 1 is 0.952 bits per heavy atom. The van der Waals surface area contributed by atoms with E-state index >= 15 is 0 Å². The van der Waals surface area contributed by atoms with Gasteiger partial charge in [0.2, 0.25) is 0 Å². The topological polar surface area (TPSA) is 35.5 Å². The van der Waals surface area contributed by atoms with Crippen LogP contribution in [0.5, 0.6) is 5.75 Å². The second-order valence-electron chi connectivity index (χ2n) is 4.50. The summed E-state index contributed by atoms with van der Waals surface area (Å²) >= 11 is 3.22. The summed E-state index contributed by atoms with van der Waals surface area (Å²) in [5.41, 5.74) is 2.04. The molecule has 0 bridgehead atoms. The number of alkyl halides is 1. The molecular weight excluding hydrogens is 332 g/mol. The van der Waals surface area contributed by atoms with E-state index in [1.54, 1.807) is 0 Å². The Balaban J connectivity index is 1.83. The van der Waals surface area contributed by atoms with Gasteiger partial charge in [-0.15, -0.1) is 0 Å². The number of hydrogen-bond acceptors (Lipinski definition) is 3. The number of esters is 1. The number of hydrogen-bond donors (Lipinski definition) is 0. The van der Waals surface area contributed by atoms with Crippen molar-refractivity contribution in [3.05, 3.63) is 65.7 Å². The molecule has 3 nitrogen and oxygen atoms in total. The Bertz CT molecular complexity index is 552. The SMILES string of the molecule is O=C(Cc1ccc(OCc2ccccc2)cc1)OCCBr. The predicted molar refractivity (Wildman–Crippen MR) is 85.7 cm³/mol. The molecule has 0 aliphatic rings. The zero-order valence-electron chi connectivity index (χ0n) is 11.6. The van der Waals surface area contributed by atoms with Crippen LogP contribution in [0.2, 0.25) is 0 Å². The maximum absolute atomic E-state index is 11.5. The van der Waals surface area contributed by atoms with Gasteiger partial charge in [0.15, 0.2) is 0 Å². The van der Waals surface area contributed by atoms with Gasteiger partial charge in [-0.05, 0) is 23.3 Å². The van der Waals surface area contributed by atoms with Crippen molar-refractivity contribution in [2.75, 3.05) is 11.9 Å². The molecule has 2 rings (SSSR count). The molecule has 0 atom stereocenters. The van der Waals surface area contributed by atoms with E-state index in [4.69, 9.17) is 9.47 Å². The van der Waals surface area contributed by atoms with E-state index in [0.717, 1.165) is 16.9 Å². The molecule has 0 aromatic heterocycles. The Morgan fingerprint density at radius 2 is 1.67 bits per heavy atom. The predicted octanol–water partition coefficient (Wildman–Crippen LogP) is 3.75. The lowest BCUT2D eigenvalue weighted by molar-refractivity contribution is -0.142. The fourth-order valence-electron chi connectivity index (χ4n) is 1.81. The summed E-state index contributed by atoms with van der Waals surface area (Å²) in [6, 6.07) is 17.5. The molecule has 0 heterocycles. The van der Waals surface area contributed by atoms with Crippen LogP contribution in [0.15, 0.2) is 54.6 Å². The molecule has 0 unspecified atom stereocenters. The first kappa shape index (κ1) is 15.6. The third kappa shape index (κ3) is 5.60. The Morgan fingerprint density at radius 3 is 2.33 bits per heavy atom. The molecule has 21 heavy (non-hydrogen) atoms. The summed E-state index contributed by atoms with van der Waals surface area (Å²) in [5.74, 6) is 0.573. The van der Waals surface area contributed by atoms with Gasteiger partial charge < -0.3 is 9.47 Å². The van der Waals surface area contributed by atoms with Crippen molar-refractivity contribution in [2.45, 2.75) is 13.0 Å². The lowest BCUT2D eigenvalue weighted by atomic mass is 10.1. The zero-order chi connectivity index (χ0) is 14.9. The standard InChI is InChI=1S/C17H17BrO3/c18-10-11-20-17(19)12-14-6-8-16(9-7-14)21-13-15-4-2-1-3-5-15/h1-9H,10-13H2. The summed E-state index contributed by atoms with van der Waals surface area (Å²) in [4.78, 5) is 11.5. The molecule has 0 aliphatic heterocycles. The first-order chi connectivity index (χ1) is 10.3. The van der Waals surface area contributed by atoms with Crippen LogP contribution in [0.25, 0.3) is 0 Å². The lowest BCUT2D eigenvalue weighted by Crippen LogP contribution is -2.09. The number of ether oxygens (including phenoxy) is 2. The largest absolute Gasteiger partial charge is 0.489 e. The highest BCUT2D eigenvalue weighted by molar-refractivity contribution is 9.09. The highest BCUT2D eigenvalue weighted by Gasteiger charge is 2.04. The van der Waals surface area contributed by atoms with E-state index in [0.29, 0.717) is 18.5 Å². The van der Waals surface area contributed by atoms with Crippen LogP contribution in [-0.2, 0) is 22.6 Å². The second-order valence-corrected chi connectivity index (χ2v) is 5.30. The van der Waals surface area contributed by atoms with Gasteiger partial charge in [-0.3, -0.25) is 4.79 Å². The molecule has 110 valence electrons. The molecule has 0 radical (unpaired) electrons. The smallest absolute Gasteiger partial charge is 0.310 e. The van der Waals surface area contributed by atoms with Crippen molar-refractivity contribution in [1.29, 1.82) is 0 Å². The molecule has 0 saturated carbocycles. The summed E-state index contributed by atoms with van der Waals surface area (Å²) in [6.07, 6.45) is 0.284. The van der Waals surface area contributed by atoms with Gasteiger partial charge in [-0.2, -0.15) is 0 Å². The molecule has 0 N–H and O–H groups in total. The van der Waals surface area contributed by atoms with Crippen LogP contribution in [0, 0.1) is 0 Å². The Kier molecular flexibility index (Phi) is 6.28. The summed E-state index contributed by atoms with van der Waals surface area (Å²) in [6.45, 7) is 0.935. The number of carbonyl (C=O) groups is 1. The maximum atomic E-state index is 11.5. The monoisotopic (exact) mass is 348 g/mol. The number of rotatable bonds is 7. The van der Waals surface area contributed by atoms with Crippen LogP contribution in [-0.4, -0.2) is 17.9 Å². The Labute approximate surface area is 133 Å². The lowest BCUT2D eigenvalue weighted by Gasteiger charge is -2.07. The molecule has 0 spiro atoms. The minimum atomic E-state index is -0.215. The Hall–Kier alpha value is -1.81. The second kappa shape index (κ2) is 8.47. The van der Waals surface area contributed by atoms with E-state index in [9.17, 15) is 4.79 Å². The highest BCUT2D eigenvalue weighted by atomic mass is 79.9. The van der Waals surface area contributed by atoms with Gasteiger partial charge in [0.25, 0.3) is 0 Å². The van der Waals surface area contributed by atoms with Crippen molar-refractivity contribution in [1.82, 2.24) is 0 Å². The van der Waals surface area contributed by atoms with Crippen LogP contribution in [0.4, 0.5) is 0 Å². The van der Waals surface area contributed by atoms with Crippen molar-refractivity contribution in [3.63, 3.8) is 0 Å². The van der Waals surface area contributed by atoms with Crippen molar-refractivity contribution >= 4 is 21.9 Å². The van der Waals surface area contributed by atoms with Gasteiger partial charge >= 0.3 is 5.97 Å². The summed E-state index contributed by atoms with van der Waals surface area (Å²) in [5, 5.41) is 0.658. The highest BCUT2D eigenvalue weighted by Crippen LogP contribution is 2.15. The zero-order valence-corrected chi connectivity index (χ0v) is 13.2. The summed E-state index contributed by atoms with van der Waals surface area (Å²) < 4.78 is 10.7. The van der Waals surface area contributed by atoms with Gasteiger partial charge in [0.05, 0.1) is 6.42 Å². The molecule has 0 aliphatic carbocycles. The third-order valence-corrected chi connectivity index (χ3v) is 3.18. The molecule has 2 aromatic rings. The van der Waals surface area contributed by atoms with E-state index in [-0.39, 0.29) is 12.4 Å². The van der Waals surface area contributed by atoms with Gasteiger partial charge in [-0.25, -0.2) is 0 Å². The minimum absolute atomic E-state index is 0.215. The number of halogens is 1. The van der Waals surface area contributed by atoms with Crippen molar-refractivity contribution in [3.8, 4) is 5.75 Å². The summed E-state index contributed by atoms with van der Waals surface area (Å²) in [7, 11) is 0. The molecule has 0 fully saturated rings. The van der Waals surface area contributed by atoms with Gasteiger partial charge in [0, 0.05) is 5.33 Å². The number of benzene rings is 2. The van der Waals surface area contributed by atoms with E-state index in [2.05, 4.69) is 15.9 Å². The van der Waals surface area contributed by atoms with Crippen LogP contribution in [0.3, 0.4) is 0 Å². The van der Waals surface area contributed by atoms with Crippen molar-refractivity contribution in [2.24, 2.45) is 0 Å². The van der Waals surface area contributed by atoms with Crippen LogP contribution < -0.4 is 4.74 Å². The van der Waals surface area contributed by atoms with Crippen LogP contribution in [0.1, 0.15) is 11.1 Å².